The molecular weight excluding hydrogens is 316 g/mol. The fourth-order valence-electron chi connectivity index (χ4n) is 3.33. The van der Waals surface area contributed by atoms with Gasteiger partial charge in [-0.2, -0.15) is 0 Å². The monoisotopic (exact) mass is 342 g/mol. The van der Waals surface area contributed by atoms with Gasteiger partial charge in [0.25, 0.3) is 5.91 Å². The van der Waals surface area contributed by atoms with Crippen LogP contribution >= 0.6 is 0 Å². The van der Waals surface area contributed by atoms with E-state index in [4.69, 9.17) is 9.15 Å². The van der Waals surface area contributed by atoms with E-state index in [1.165, 1.54) is 5.56 Å². The molecule has 0 radical (unpaired) electrons. The molecule has 0 N–H and O–H groups in total. The quantitative estimate of drug-likeness (QED) is 0.856. The lowest BCUT2D eigenvalue weighted by molar-refractivity contribution is 0.0759. The Balaban J connectivity index is 1.60. The first-order chi connectivity index (χ1) is 12.1. The van der Waals surface area contributed by atoms with Gasteiger partial charge in [-0.3, -0.25) is 9.69 Å². The fraction of sp³-hybridized carbons (Fsp3) is 0.450. The van der Waals surface area contributed by atoms with Gasteiger partial charge >= 0.3 is 0 Å². The van der Waals surface area contributed by atoms with Gasteiger partial charge in [-0.15, -0.1) is 0 Å². The number of carbonyl (C=O) groups is 1. The topological polar surface area (TPSA) is 45.9 Å². The third-order valence-corrected chi connectivity index (χ3v) is 4.71. The minimum absolute atomic E-state index is 0.0839. The summed E-state index contributed by atoms with van der Waals surface area (Å²) in [5, 5.41) is 0. The summed E-state index contributed by atoms with van der Waals surface area (Å²) in [6.45, 7) is 8.06. The Morgan fingerprint density at radius 2 is 1.88 bits per heavy atom. The Bertz CT molecular complexity index is 721. The van der Waals surface area contributed by atoms with Crippen LogP contribution in [0.5, 0.6) is 5.75 Å². The number of benzene rings is 1. The summed E-state index contributed by atoms with van der Waals surface area (Å²) in [4.78, 5) is 17.1. The molecule has 0 unspecified atom stereocenters. The van der Waals surface area contributed by atoms with Crippen LogP contribution in [0.3, 0.4) is 0 Å². The maximum absolute atomic E-state index is 12.8. The summed E-state index contributed by atoms with van der Waals surface area (Å²) in [5.41, 5.74) is 1.96. The van der Waals surface area contributed by atoms with E-state index >= 15 is 0 Å². The van der Waals surface area contributed by atoms with E-state index in [1.54, 1.807) is 7.11 Å². The summed E-state index contributed by atoms with van der Waals surface area (Å²) < 4.78 is 10.7. The highest BCUT2D eigenvalue weighted by molar-refractivity contribution is 5.95. The van der Waals surface area contributed by atoms with Crippen molar-refractivity contribution >= 4 is 5.91 Å². The van der Waals surface area contributed by atoms with E-state index < -0.39 is 0 Å². The van der Waals surface area contributed by atoms with E-state index in [1.807, 2.05) is 36.9 Å². The van der Waals surface area contributed by atoms with Gasteiger partial charge in [0.1, 0.15) is 17.3 Å². The van der Waals surface area contributed by atoms with Gasteiger partial charge in [0.2, 0.25) is 0 Å². The molecule has 1 aliphatic heterocycles. The minimum atomic E-state index is 0.0839. The molecule has 1 fully saturated rings. The Kier molecular flexibility index (Phi) is 5.43. The van der Waals surface area contributed by atoms with Crippen molar-refractivity contribution in [2.75, 3.05) is 33.3 Å². The first-order valence-electron chi connectivity index (χ1n) is 8.78. The Hall–Kier alpha value is -2.27. The second-order valence-electron chi connectivity index (χ2n) is 6.60. The van der Waals surface area contributed by atoms with Crippen molar-refractivity contribution in [1.82, 2.24) is 9.80 Å². The zero-order valence-corrected chi connectivity index (χ0v) is 15.2. The molecule has 1 amide bonds. The van der Waals surface area contributed by atoms with E-state index in [2.05, 4.69) is 17.0 Å². The summed E-state index contributed by atoms with van der Waals surface area (Å²) in [7, 11) is 1.68. The molecule has 1 aromatic heterocycles. The summed E-state index contributed by atoms with van der Waals surface area (Å²) in [6, 6.07) is 10.0. The van der Waals surface area contributed by atoms with Crippen LogP contribution in [0.4, 0.5) is 0 Å². The molecule has 1 saturated heterocycles. The van der Waals surface area contributed by atoms with Crippen LogP contribution < -0.4 is 4.74 Å². The molecule has 0 saturated carbocycles. The molecule has 0 spiro atoms. The first-order valence-corrected chi connectivity index (χ1v) is 8.78. The number of hydrogen-bond donors (Lipinski definition) is 0. The van der Waals surface area contributed by atoms with Crippen LogP contribution in [-0.2, 0) is 6.54 Å². The standard InChI is InChI=1S/C20H26N2O3/c1-15-13-19(16(2)25-15)20(23)22-10-4-9-21(11-12-22)14-17-5-7-18(24-3)8-6-17/h5-8,13H,4,9-12,14H2,1-3H3. The van der Waals surface area contributed by atoms with Gasteiger partial charge in [0, 0.05) is 32.7 Å². The third kappa shape index (κ3) is 4.23. The van der Waals surface area contributed by atoms with Gasteiger partial charge in [0.05, 0.1) is 12.7 Å². The highest BCUT2D eigenvalue weighted by Gasteiger charge is 2.23. The van der Waals surface area contributed by atoms with Crippen LogP contribution in [0.25, 0.3) is 0 Å². The lowest BCUT2D eigenvalue weighted by Crippen LogP contribution is -2.35. The Labute approximate surface area is 149 Å². The van der Waals surface area contributed by atoms with Crippen LogP contribution in [0.15, 0.2) is 34.7 Å². The Morgan fingerprint density at radius 3 is 2.52 bits per heavy atom. The lowest BCUT2D eigenvalue weighted by atomic mass is 10.2. The molecule has 25 heavy (non-hydrogen) atoms. The number of ether oxygens (including phenoxy) is 1. The van der Waals surface area contributed by atoms with Crippen molar-refractivity contribution < 1.29 is 13.9 Å². The van der Waals surface area contributed by atoms with Gasteiger partial charge < -0.3 is 14.1 Å². The molecule has 2 heterocycles. The largest absolute Gasteiger partial charge is 0.497 e. The smallest absolute Gasteiger partial charge is 0.257 e. The predicted molar refractivity (Wildman–Crippen MR) is 97.0 cm³/mol. The van der Waals surface area contributed by atoms with Crippen molar-refractivity contribution in [2.24, 2.45) is 0 Å². The van der Waals surface area contributed by atoms with Crippen molar-refractivity contribution in [1.29, 1.82) is 0 Å². The zero-order valence-electron chi connectivity index (χ0n) is 15.2. The molecule has 2 aromatic rings. The first kappa shape index (κ1) is 17.5. The van der Waals surface area contributed by atoms with Crippen molar-refractivity contribution in [2.45, 2.75) is 26.8 Å². The summed E-state index contributed by atoms with van der Waals surface area (Å²) in [5.74, 6) is 2.46. The molecule has 1 aromatic carbocycles. The predicted octanol–water partition coefficient (Wildman–Crippen LogP) is 3.25. The fourth-order valence-corrected chi connectivity index (χ4v) is 3.33. The number of rotatable bonds is 4. The number of methoxy groups -OCH3 is 1. The Morgan fingerprint density at radius 1 is 1.12 bits per heavy atom. The van der Waals surface area contributed by atoms with Crippen molar-refractivity contribution in [3.63, 3.8) is 0 Å². The SMILES string of the molecule is COc1ccc(CN2CCCN(C(=O)c3cc(C)oc3C)CC2)cc1. The number of nitrogens with zero attached hydrogens (tertiary/aromatic N) is 2. The van der Waals surface area contributed by atoms with Crippen LogP contribution in [0, 0.1) is 13.8 Å². The van der Waals surface area contributed by atoms with E-state index in [0.29, 0.717) is 11.3 Å². The number of carbonyl (C=O) groups excluding carboxylic acids is 1. The zero-order chi connectivity index (χ0) is 17.8. The average Bonchev–Trinajstić information content (AvgIpc) is 2.81. The maximum Gasteiger partial charge on any atom is 0.257 e. The van der Waals surface area contributed by atoms with Gasteiger partial charge in [-0.25, -0.2) is 0 Å². The normalized spacial score (nSPS) is 15.9. The molecule has 1 aliphatic rings. The molecule has 0 atom stereocenters. The lowest BCUT2D eigenvalue weighted by Gasteiger charge is -2.22. The van der Waals surface area contributed by atoms with Crippen molar-refractivity contribution in [3.05, 3.63) is 53.0 Å². The molecule has 134 valence electrons. The van der Waals surface area contributed by atoms with Gasteiger partial charge in [-0.1, -0.05) is 12.1 Å². The number of furan rings is 1. The van der Waals surface area contributed by atoms with Crippen LogP contribution in [0.2, 0.25) is 0 Å². The van der Waals surface area contributed by atoms with E-state index in [-0.39, 0.29) is 5.91 Å². The number of hydrogen-bond acceptors (Lipinski definition) is 4. The van der Waals surface area contributed by atoms with Gasteiger partial charge in [0.15, 0.2) is 0 Å². The van der Waals surface area contributed by atoms with E-state index in [0.717, 1.165) is 50.7 Å². The minimum Gasteiger partial charge on any atom is -0.497 e. The maximum atomic E-state index is 12.8. The molecule has 0 aliphatic carbocycles. The van der Waals surface area contributed by atoms with Gasteiger partial charge in [-0.05, 0) is 44.0 Å². The summed E-state index contributed by atoms with van der Waals surface area (Å²) >= 11 is 0. The molecular formula is C20H26N2O3. The highest BCUT2D eigenvalue weighted by Crippen LogP contribution is 2.18. The summed E-state index contributed by atoms with van der Waals surface area (Å²) in [6.07, 6.45) is 0.984. The second kappa shape index (κ2) is 7.74. The number of amides is 1. The van der Waals surface area contributed by atoms with Crippen molar-refractivity contribution in [3.8, 4) is 5.75 Å². The number of aryl methyl sites for hydroxylation is 2. The molecule has 3 rings (SSSR count). The van der Waals surface area contributed by atoms with E-state index in [9.17, 15) is 4.79 Å². The second-order valence-corrected chi connectivity index (χ2v) is 6.60. The third-order valence-electron chi connectivity index (χ3n) is 4.71. The molecule has 5 nitrogen and oxygen atoms in total. The molecule has 5 heteroatoms. The van der Waals surface area contributed by atoms with Crippen LogP contribution in [0.1, 0.15) is 33.9 Å². The highest BCUT2D eigenvalue weighted by atomic mass is 16.5. The van der Waals surface area contributed by atoms with Crippen LogP contribution in [-0.4, -0.2) is 49.0 Å². The average molecular weight is 342 g/mol. The molecule has 0 bridgehead atoms.